The Labute approximate surface area is 221 Å². The van der Waals surface area contributed by atoms with E-state index < -0.39 is 11.6 Å². The van der Waals surface area contributed by atoms with Crippen LogP contribution in [0.5, 0.6) is 0 Å². The van der Waals surface area contributed by atoms with Crippen molar-refractivity contribution >= 4 is 35.1 Å². The minimum absolute atomic E-state index is 0.132. The summed E-state index contributed by atoms with van der Waals surface area (Å²) in [5.41, 5.74) is -0.303. The Hall–Kier alpha value is -3.08. The summed E-state index contributed by atoms with van der Waals surface area (Å²) >= 11 is 6.32. The third-order valence-electron chi connectivity index (χ3n) is 6.28. The maximum atomic E-state index is 13.0. The fourth-order valence-corrected chi connectivity index (χ4v) is 4.21. The Morgan fingerprint density at radius 2 is 1.78 bits per heavy atom. The van der Waals surface area contributed by atoms with Gasteiger partial charge < -0.3 is 30.4 Å². The zero-order valence-corrected chi connectivity index (χ0v) is 22.2. The van der Waals surface area contributed by atoms with Crippen molar-refractivity contribution in [2.75, 3.05) is 38.0 Å². The highest BCUT2D eigenvalue weighted by molar-refractivity contribution is 6.34. The number of nitrogens with zero attached hydrogens (tertiary/aromatic N) is 2. The number of anilines is 1. The second-order valence-corrected chi connectivity index (χ2v) is 11.2. The van der Waals surface area contributed by atoms with Gasteiger partial charge in [-0.3, -0.25) is 14.5 Å². The van der Waals surface area contributed by atoms with E-state index in [1.807, 2.05) is 20.8 Å². The van der Waals surface area contributed by atoms with E-state index in [9.17, 15) is 19.5 Å². The molecule has 0 unspecified atom stereocenters. The van der Waals surface area contributed by atoms with Crippen molar-refractivity contribution in [1.82, 2.24) is 20.4 Å². The molecule has 2 heterocycles. The fraction of sp³-hybridized carbons (Fsp3) is 0.500. The van der Waals surface area contributed by atoms with Crippen LogP contribution in [0.4, 0.5) is 10.5 Å². The Kier molecular flexibility index (Phi) is 7.82. The number of amides is 4. The molecule has 1 saturated heterocycles. The second kappa shape index (κ2) is 10.7. The van der Waals surface area contributed by atoms with Crippen LogP contribution >= 0.6 is 11.6 Å². The molecule has 1 aliphatic heterocycles. The minimum atomic E-state index is -0.787. The van der Waals surface area contributed by atoms with Crippen molar-refractivity contribution in [2.24, 2.45) is 0 Å². The maximum Gasteiger partial charge on any atom is 0.319 e. The van der Waals surface area contributed by atoms with Crippen LogP contribution < -0.4 is 16.0 Å². The van der Waals surface area contributed by atoms with Crippen molar-refractivity contribution in [2.45, 2.75) is 51.3 Å². The van der Waals surface area contributed by atoms with Crippen LogP contribution in [0.25, 0.3) is 0 Å². The molecule has 1 aromatic heterocycles. The van der Waals surface area contributed by atoms with Gasteiger partial charge in [-0.05, 0) is 63.9 Å². The van der Waals surface area contributed by atoms with Gasteiger partial charge >= 0.3 is 6.03 Å². The molecule has 200 valence electrons. The predicted molar refractivity (Wildman–Crippen MR) is 140 cm³/mol. The molecule has 0 radical (unpaired) electrons. The maximum absolute atomic E-state index is 13.0. The Morgan fingerprint density at radius 1 is 1.08 bits per heavy atom. The van der Waals surface area contributed by atoms with Crippen molar-refractivity contribution in [1.29, 1.82) is 0 Å². The average molecular weight is 532 g/mol. The summed E-state index contributed by atoms with van der Waals surface area (Å²) in [7, 11) is 0. The Balaban J connectivity index is 1.25. The van der Waals surface area contributed by atoms with Gasteiger partial charge in [0.1, 0.15) is 5.76 Å². The summed E-state index contributed by atoms with van der Waals surface area (Å²) in [5, 5.41) is 18.2. The molecule has 1 aromatic carbocycles. The van der Waals surface area contributed by atoms with Crippen molar-refractivity contribution in [3.8, 4) is 0 Å². The van der Waals surface area contributed by atoms with E-state index in [2.05, 4.69) is 20.9 Å². The van der Waals surface area contributed by atoms with Gasteiger partial charge in [0.2, 0.25) is 0 Å². The number of aliphatic hydroxyl groups is 1. The number of urea groups is 1. The van der Waals surface area contributed by atoms with Crippen LogP contribution in [0.15, 0.2) is 34.7 Å². The van der Waals surface area contributed by atoms with Crippen LogP contribution in [-0.4, -0.2) is 76.6 Å². The lowest BCUT2D eigenvalue weighted by atomic mass is 10.1. The normalized spacial score (nSPS) is 17.3. The summed E-state index contributed by atoms with van der Waals surface area (Å²) in [6.07, 6.45) is 1.36. The molecule has 1 aliphatic carbocycles. The molecule has 0 atom stereocenters. The highest BCUT2D eigenvalue weighted by atomic mass is 35.5. The molecule has 2 fully saturated rings. The smallest absolute Gasteiger partial charge is 0.319 e. The van der Waals surface area contributed by atoms with Gasteiger partial charge in [-0.1, -0.05) is 11.6 Å². The molecule has 4 rings (SSSR count). The average Bonchev–Trinajstić information content (AvgIpc) is 3.38. The van der Waals surface area contributed by atoms with Gasteiger partial charge in [-0.25, -0.2) is 4.79 Å². The zero-order valence-electron chi connectivity index (χ0n) is 21.4. The number of nitrogens with one attached hydrogen (secondary N) is 3. The van der Waals surface area contributed by atoms with Crippen LogP contribution in [0.3, 0.4) is 0 Å². The first kappa shape index (κ1) is 27.0. The van der Waals surface area contributed by atoms with Crippen molar-refractivity contribution in [3.05, 3.63) is 52.4 Å². The number of halogens is 1. The van der Waals surface area contributed by atoms with Crippen molar-refractivity contribution < 1.29 is 23.9 Å². The molecule has 37 heavy (non-hydrogen) atoms. The summed E-state index contributed by atoms with van der Waals surface area (Å²) < 4.78 is 5.73. The molecule has 4 N–H and O–H groups in total. The lowest BCUT2D eigenvalue weighted by Crippen LogP contribution is -2.48. The van der Waals surface area contributed by atoms with Gasteiger partial charge in [0.05, 0.1) is 22.9 Å². The van der Waals surface area contributed by atoms with Gasteiger partial charge in [0.15, 0.2) is 5.76 Å². The lowest BCUT2D eigenvalue weighted by molar-refractivity contribution is 0.0618. The summed E-state index contributed by atoms with van der Waals surface area (Å²) in [6, 6.07) is 7.81. The van der Waals surface area contributed by atoms with Gasteiger partial charge in [0, 0.05) is 43.8 Å². The van der Waals surface area contributed by atoms with Gasteiger partial charge in [0.25, 0.3) is 11.8 Å². The van der Waals surface area contributed by atoms with Crippen molar-refractivity contribution in [3.63, 3.8) is 0 Å². The highest BCUT2D eigenvalue weighted by Crippen LogP contribution is 2.34. The van der Waals surface area contributed by atoms with E-state index in [-0.39, 0.29) is 34.7 Å². The SMILES string of the molecule is CC(C)(C)NC(=O)c1ccc(CN2CCN(C(=O)c3ccc(NC(=O)NCC4(O)CC4)c(Cl)c3)CC2)o1. The largest absolute Gasteiger partial charge is 0.455 e. The van der Waals surface area contributed by atoms with Crippen LogP contribution in [0.2, 0.25) is 5.02 Å². The molecule has 0 spiro atoms. The highest BCUT2D eigenvalue weighted by Gasteiger charge is 2.40. The molecule has 1 saturated carbocycles. The summed E-state index contributed by atoms with van der Waals surface area (Å²) in [4.78, 5) is 41.3. The van der Waals surface area contributed by atoms with Crippen LogP contribution in [0, 0.1) is 0 Å². The number of benzene rings is 1. The number of carbonyl (C=O) groups is 3. The first-order valence-corrected chi connectivity index (χ1v) is 12.8. The van der Waals surface area contributed by atoms with E-state index in [0.717, 1.165) is 0 Å². The summed E-state index contributed by atoms with van der Waals surface area (Å²) in [6.45, 7) is 8.89. The van der Waals surface area contributed by atoms with Crippen LogP contribution in [-0.2, 0) is 6.54 Å². The summed E-state index contributed by atoms with van der Waals surface area (Å²) in [5.74, 6) is 0.606. The first-order valence-electron chi connectivity index (χ1n) is 12.4. The standard InChI is InChI=1S/C26H34ClN5O5/c1-25(2,3)30-22(33)21-7-5-18(37-21)15-31-10-12-32(13-11-31)23(34)17-4-6-20(19(27)14-17)29-24(35)28-16-26(36)8-9-26/h4-7,14,36H,8-13,15-16H2,1-3H3,(H,30,33)(H2,28,29,35). The molecular weight excluding hydrogens is 498 g/mol. The monoisotopic (exact) mass is 531 g/mol. The number of furan rings is 1. The fourth-order valence-electron chi connectivity index (χ4n) is 3.98. The number of rotatable bonds is 7. The van der Waals surface area contributed by atoms with E-state index in [1.54, 1.807) is 35.2 Å². The number of carbonyl (C=O) groups excluding carboxylic acids is 3. The molecule has 0 bridgehead atoms. The minimum Gasteiger partial charge on any atom is -0.455 e. The zero-order chi connectivity index (χ0) is 26.8. The topological polar surface area (TPSA) is 127 Å². The van der Waals surface area contributed by atoms with Crippen LogP contribution in [0.1, 0.15) is 60.3 Å². The third kappa shape index (κ3) is 7.47. The second-order valence-electron chi connectivity index (χ2n) is 10.8. The molecule has 11 heteroatoms. The Bertz CT molecular complexity index is 1160. The number of hydrogen-bond donors (Lipinski definition) is 4. The predicted octanol–water partition coefficient (Wildman–Crippen LogP) is 3.07. The van der Waals surface area contributed by atoms with E-state index >= 15 is 0 Å². The molecule has 10 nitrogen and oxygen atoms in total. The molecule has 2 aliphatic rings. The number of piperazine rings is 1. The molecule has 4 amide bonds. The lowest BCUT2D eigenvalue weighted by Gasteiger charge is -2.34. The van der Waals surface area contributed by atoms with Gasteiger partial charge in [-0.2, -0.15) is 0 Å². The third-order valence-corrected chi connectivity index (χ3v) is 6.60. The quantitative estimate of drug-likeness (QED) is 0.435. The van der Waals surface area contributed by atoms with E-state index in [4.69, 9.17) is 16.0 Å². The first-order chi connectivity index (χ1) is 17.4. The Morgan fingerprint density at radius 3 is 2.41 bits per heavy atom. The molecule has 2 aromatic rings. The molecular formula is C26H34ClN5O5. The number of hydrogen-bond acceptors (Lipinski definition) is 6. The van der Waals surface area contributed by atoms with E-state index in [1.165, 1.54) is 0 Å². The van der Waals surface area contributed by atoms with E-state index in [0.29, 0.717) is 62.6 Å². The van der Waals surface area contributed by atoms with Gasteiger partial charge in [-0.15, -0.1) is 0 Å².